The smallest absolute Gasteiger partial charge is 0.366 e. The van der Waals surface area contributed by atoms with Crippen molar-refractivity contribution in [1.82, 2.24) is 9.97 Å². The molecule has 0 radical (unpaired) electrons. The molecule has 5 heteroatoms. The van der Waals surface area contributed by atoms with E-state index in [1.54, 1.807) is 16.8 Å². The maximum absolute atomic E-state index is 3.97. The Hall–Kier alpha value is 0.260. The minimum absolute atomic E-state index is 0. The maximum Gasteiger partial charge on any atom is 1.00 e. The fourth-order valence-corrected chi connectivity index (χ4v) is 1.77. The van der Waals surface area contributed by atoms with Crippen LogP contribution in [0.5, 0.6) is 0 Å². The average Bonchev–Trinajstić information content (AvgIpc) is 2.15. The Bertz CT molecular complexity index is 238. The van der Waals surface area contributed by atoms with Crippen LogP contribution in [0.2, 0.25) is 0 Å². The Labute approximate surface area is 75.5 Å². The largest absolute Gasteiger partial charge is 1.00 e. The first-order chi connectivity index (χ1) is 3.97. The van der Waals surface area contributed by atoms with Crippen LogP contribution in [-0.4, -0.2) is 9.97 Å². The molecule has 0 spiro atoms. The van der Waals surface area contributed by atoms with Gasteiger partial charge in [-0.15, -0.1) is 0 Å². The Kier molecular flexibility index (Phi) is 2.37. The van der Waals surface area contributed by atoms with Crippen molar-refractivity contribution in [2.24, 2.45) is 0 Å². The van der Waals surface area contributed by atoms with Gasteiger partial charge in [0.25, 0.3) is 0 Å². The van der Waals surface area contributed by atoms with Gasteiger partial charge in [-0.2, -0.15) is 11.3 Å². The van der Waals surface area contributed by atoms with Gasteiger partial charge in [-0.1, -0.05) is 0 Å². The van der Waals surface area contributed by atoms with Crippen molar-refractivity contribution in [3.05, 3.63) is 11.0 Å². The van der Waals surface area contributed by atoms with E-state index in [2.05, 4.69) is 15.5 Å². The topological polar surface area (TPSA) is 25.8 Å². The fourth-order valence-electron chi connectivity index (χ4n) is 0.481. The summed E-state index contributed by atoms with van der Waals surface area (Å²) >= 11 is 3.12. The Morgan fingerprint density at radius 1 is 1.56 bits per heavy atom. The van der Waals surface area contributed by atoms with Crippen LogP contribution in [0.25, 0.3) is 9.66 Å². The monoisotopic (exact) mass is 248 g/mol. The minimum atomic E-state index is 0. The van der Waals surface area contributed by atoms with Gasteiger partial charge in [-0.3, -0.25) is 11.3 Å². The molecule has 2 rings (SSSR count). The van der Waals surface area contributed by atoms with Crippen LogP contribution < -0.4 is 0 Å². The molecule has 2 nitrogen and oxygen atoms in total. The Morgan fingerprint density at radius 3 is 3.22 bits per heavy atom. The van der Waals surface area contributed by atoms with Gasteiger partial charge in [0.2, 0.25) is 0 Å². The van der Waals surface area contributed by atoms with Crippen LogP contribution in [0, 0.1) is 5.51 Å². The molecule has 0 fully saturated rings. The molecule has 9 heavy (non-hydrogen) atoms. The average molecular weight is 249 g/mol. The van der Waals surface area contributed by atoms with Crippen molar-refractivity contribution in [1.29, 1.82) is 0 Å². The molecule has 0 bridgehead atoms. The summed E-state index contributed by atoms with van der Waals surface area (Å²) in [7, 11) is 0. The van der Waals surface area contributed by atoms with Gasteiger partial charge >= 0.3 is 22.4 Å². The molecule has 0 aliphatic rings. The van der Waals surface area contributed by atoms with Crippen molar-refractivity contribution in [2.45, 2.75) is 0 Å². The van der Waals surface area contributed by atoms with E-state index < -0.39 is 0 Å². The van der Waals surface area contributed by atoms with E-state index in [0.717, 1.165) is 9.66 Å². The van der Waals surface area contributed by atoms with Crippen molar-refractivity contribution in [2.75, 3.05) is 0 Å². The third-order valence-corrected chi connectivity index (χ3v) is 2.50. The van der Waals surface area contributed by atoms with Gasteiger partial charge in [0.15, 0.2) is 0 Å². The van der Waals surface area contributed by atoms with Crippen LogP contribution >= 0.6 is 22.7 Å². The molecule has 0 aliphatic carbocycles. The van der Waals surface area contributed by atoms with Crippen molar-refractivity contribution in [3.63, 3.8) is 0 Å². The molecule has 0 saturated carbocycles. The number of thiazole rings is 2. The Balaban J connectivity index is 0.000000405. The van der Waals surface area contributed by atoms with Crippen LogP contribution in [0.1, 0.15) is 0 Å². The second-order valence-electron chi connectivity index (χ2n) is 1.27. The molecule has 0 aliphatic heterocycles. The summed E-state index contributed by atoms with van der Waals surface area (Å²) in [5.74, 6) is 0. The molecule has 2 aromatic heterocycles. The molecule has 0 aromatic carbocycles. The van der Waals surface area contributed by atoms with E-state index in [0.29, 0.717) is 0 Å². The van der Waals surface area contributed by atoms with Crippen LogP contribution in [-0.2, 0) is 22.4 Å². The van der Waals surface area contributed by atoms with Crippen molar-refractivity contribution in [3.8, 4) is 0 Å². The van der Waals surface area contributed by atoms with Gasteiger partial charge in [0.05, 0.1) is 5.51 Å². The first-order valence-electron chi connectivity index (χ1n) is 2.03. The second kappa shape index (κ2) is 2.90. The molecule has 0 N–H and O–H groups in total. The summed E-state index contributed by atoms with van der Waals surface area (Å²) in [6.07, 6.45) is 0. The van der Waals surface area contributed by atoms with E-state index >= 15 is 0 Å². The van der Waals surface area contributed by atoms with Gasteiger partial charge in [-0.05, 0) is 9.52 Å². The molecular weight excluding hydrogens is 248 g/mol. The summed E-state index contributed by atoms with van der Waals surface area (Å²) in [5.41, 5.74) is 5.38. The zero-order valence-electron chi connectivity index (χ0n) is 4.09. The zero-order valence-corrected chi connectivity index (χ0v) is 7.21. The van der Waals surface area contributed by atoms with Crippen molar-refractivity contribution >= 4 is 32.3 Å². The molecular formula is C4HAgN2S2. The second-order valence-corrected chi connectivity index (χ2v) is 3.18. The standard InChI is InChI=1S/C4HN2S2.Ag/c1-5-3-4(7-1)8-2-6-3;/h1H;/q-1;+1. The quantitative estimate of drug-likeness (QED) is 0.523. The number of fused-ring (bicyclic) bond motifs is 1. The number of hydrogen-bond donors (Lipinski definition) is 0. The van der Waals surface area contributed by atoms with E-state index in [-0.39, 0.29) is 22.4 Å². The third kappa shape index (κ3) is 1.22. The number of hydrogen-bond acceptors (Lipinski definition) is 4. The van der Waals surface area contributed by atoms with E-state index in [1.807, 2.05) is 0 Å². The molecule has 0 unspecified atom stereocenters. The number of rotatable bonds is 0. The Morgan fingerprint density at radius 2 is 2.44 bits per heavy atom. The van der Waals surface area contributed by atoms with Gasteiger partial charge in [-0.25, -0.2) is 0 Å². The summed E-state index contributed by atoms with van der Waals surface area (Å²) in [6.45, 7) is 0. The van der Waals surface area contributed by atoms with Crippen LogP contribution in [0.4, 0.5) is 0 Å². The molecule has 2 aromatic rings. The molecule has 2 heterocycles. The number of aromatic nitrogens is 2. The van der Waals surface area contributed by atoms with Gasteiger partial charge in [0, 0.05) is 5.65 Å². The number of nitrogens with zero attached hydrogens (tertiary/aromatic N) is 2. The van der Waals surface area contributed by atoms with Crippen LogP contribution in [0.15, 0.2) is 5.51 Å². The van der Waals surface area contributed by atoms with Gasteiger partial charge in [0.1, 0.15) is 0 Å². The summed E-state index contributed by atoms with van der Waals surface area (Å²) in [4.78, 5) is 7.84. The van der Waals surface area contributed by atoms with Crippen LogP contribution in [0.3, 0.4) is 0 Å². The van der Waals surface area contributed by atoms with Gasteiger partial charge < -0.3 is 9.97 Å². The summed E-state index contributed by atoms with van der Waals surface area (Å²) in [5, 5.41) is 0. The third-order valence-electron chi connectivity index (χ3n) is 0.807. The zero-order chi connectivity index (χ0) is 5.40. The molecule has 0 amide bonds. The fraction of sp³-hybridized carbons (Fsp3) is 0. The predicted molar refractivity (Wildman–Crippen MR) is 34.1 cm³/mol. The van der Waals surface area contributed by atoms with E-state index in [1.165, 1.54) is 11.3 Å². The summed E-state index contributed by atoms with van der Waals surface area (Å²) < 4.78 is 1.16. The molecule has 50 valence electrons. The minimum Gasteiger partial charge on any atom is -0.366 e. The normalized spacial score (nSPS) is 9.33. The molecule has 0 saturated heterocycles. The first kappa shape index (κ1) is 7.37. The van der Waals surface area contributed by atoms with E-state index in [4.69, 9.17) is 0 Å². The summed E-state index contributed by atoms with van der Waals surface area (Å²) in [6, 6.07) is 0. The SMILES string of the molecule is [Ag+].[c-]1nc2ncsc2s1. The van der Waals surface area contributed by atoms with Crippen molar-refractivity contribution < 1.29 is 22.4 Å². The van der Waals surface area contributed by atoms with E-state index in [9.17, 15) is 0 Å². The maximum atomic E-state index is 3.97. The molecule has 0 atom stereocenters. The predicted octanol–water partition coefficient (Wildman–Crippen LogP) is 1.55. The first-order valence-corrected chi connectivity index (χ1v) is 3.72.